The van der Waals surface area contributed by atoms with Crippen molar-refractivity contribution in [3.05, 3.63) is 35.4 Å². The summed E-state index contributed by atoms with van der Waals surface area (Å²) in [6.07, 6.45) is 6.78. The normalized spacial score (nSPS) is 29.8. The van der Waals surface area contributed by atoms with Gasteiger partial charge in [-0.05, 0) is 62.7 Å². The van der Waals surface area contributed by atoms with Gasteiger partial charge in [0.1, 0.15) is 0 Å². The molecule has 1 aromatic rings. The predicted molar refractivity (Wildman–Crippen MR) is 84.8 cm³/mol. The third-order valence-electron chi connectivity index (χ3n) is 5.39. The largest absolute Gasteiger partial charge is 0.312 e. The number of aryl methyl sites for hydroxylation is 1. The van der Waals surface area contributed by atoms with E-state index in [1.807, 2.05) is 0 Å². The highest BCUT2D eigenvalue weighted by Crippen LogP contribution is 2.36. The molecular formula is C18H28N2. The Morgan fingerprint density at radius 1 is 1.05 bits per heavy atom. The van der Waals surface area contributed by atoms with Crippen LogP contribution >= 0.6 is 0 Å². The Hall–Kier alpha value is -0.860. The summed E-state index contributed by atoms with van der Waals surface area (Å²) in [5.41, 5.74) is 2.85. The smallest absolute Gasteiger partial charge is 0.0205 e. The van der Waals surface area contributed by atoms with Crippen molar-refractivity contribution in [1.29, 1.82) is 0 Å². The number of rotatable bonds is 5. The van der Waals surface area contributed by atoms with E-state index >= 15 is 0 Å². The molecule has 2 heteroatoms. The molecule has 1 N–H and O–H groups in total. The molecule has 2 saturated heterocycles. The van der Waals surface area contributed by atoms with Gasteiger partial charge in [-0.1, -0.05) is 31.2 Å². The molecule has 2 heterocycles. The first-order chi connectivity index (χ1) is 9.76. The van der Waals surface area contributed by atoms with E-state index in [1.54, 1.807) is 0 Å². The highest BCUT2D eigenvalue weighted by atomic mass is 15.2. The van der Waals surface area contributed by atoms with Crippen molar-refractivity contribution in [2.24, 2.45) is 5.92 Å². The van der Waals surface area contributed by atoms with E-state index in [-0.39, 0.29) is 0 Å². The third-order valence-corrected chi connectivity index (χ3v) is 5.39. The van der Waals surface area contributed by atoms with Gasteiger partial charge in [-0.3, -0.25) is 0 Å². The van der Waals surface area contributed by atoms with E-state index in [2.05, 4.69) is 48.5 Å². The quantitative estimate of drug-likeness (QED) is 0.885. The fraction of sp³-hybridized carbons (Fsp3) is 0.667. The van der Waals surface area contributed by atoms with Crippen molar-refractivity contribution in [2.45, 2.75) is 57.7 Å². The zero-order valence-electron chi connectivity index (χ0n) is 12.9. The lowest BCUT2D eigenvalue weighted by molar-refractivity contribution is 0.133. The topological polar surface area (TPSA) is 15.3 Å². The van der Waals surface area contributed by atoms with Crippen LogP contribution < -0.4 is 5.32 Å². The van der Waals surface area contributed by atoms with E-state index in [0.717, 1.165) is 31.0 Å². The van der Waals surface area contributed by atoms with Crippen molar-refractivity contribution in [3.8, 4) is 0 Å². The van der Waals surface area contributed by atoms with Gasteiger partial charge in [0.15, 0.2) is 0 Å². The average Bonchev–Trinajstić information content (AvgIpc) is 2.70. The zero-order chi connectivity index (χ0) is 13.9. The van der Waals surface area contributed by atoms with Gasteiger partial charge >= 0.3 is 0 Å². The highest BCUT2D eigenvalue weighted by molar-refractivity contribution is 5.22. The maximum atomic E-state index is 3.67. The molecule has 20 heavy (non-hydrogen) atoms. The first-order valence-corrected chi connectivity index (χ1v) is 8.26. The molecular weight excluding hydrogens is 244 g/mol. The van der Waals surface area contributed by atoms with Crippen LogP contribution in [0.5, 0.6) is 0 Å². The Kier molecular flexibility index (Phi) is 4.42. The molecule has 2 aliphatic heterocycles. The second kappa shape index (κ2) is 6.28. The summed E-state index contributed by atoms with van der Waals surface area (Å²) in [5, 5.41) is 3.67. The number of nitrogens with one attached hydrogen (secondary N) is 1. The van der Waals surface area contributed by atoms with Gasteiger partial charge in [-0.25, -0.2) is 0 Å². The maximum absolute atomic E-state index is 3.67. The summed E-state index contributed by atoms with van der Waals surface area (Å²) in [7, 11) is 2.32. The first kappa shape index (κ1) is 14.1. The Balaban J connectivity index is 1.44. The molecule has 2 nitrogen and oxygen atoms in total. The second-order valence-corrected chi connectivity index (χ2v) is 6.69. The number of benzene rings is 1. The number of piperidine rings is 1. The van der Waals surface area contributed by atoms with Crippen LogP contribution in [-0.4, -0.2) is 30.6 Å². The van der Waals surface area contributed by atoms with E-state index in [1.165, 1.54) is 43.4 Å². The number of hydrogen-bond donors (Lipinski definition) is 1. The Bertz CT molecular complexity index is 412. The molecule has 0 amide bonds. The summed E-state index contributed by atoms with van der Waals surface area (Å²) in [4.78, 5) is 2.62. The first-order valence-electron chi connectivity index (χ1n) is 8.26. The summed E-state index contributed by atoms with van der Waals surface area (Å²) in [5.74, 6) is 0.888. The van der Waals surface area contributed by atoms with Crippen LogP contribution in [0.15, 0.2) is 24.3 Å². The minimum absolute atomic E-state index is 0.865. The Labute approximate surface area is 123 Å². The summed E-state index contributed by atoms with van der Waals surface area (Å²) < 4.78 is 0. The van der Waals surface area contributed by atoms with Crippen molar-refractivity contribution >= 4 is 0 Å². The van der Waals surface area contributed by atoms with Gasteiger partial charge in [0.05, 0.1) is 0 Å². The standard InChI is InChI=1S/C18H28N2/c1-3-14-4-6-15(7-5-14)12-19-13-16-10-17-8-9-18(11-16)20(17)2/h4-7,16-19H,3,8-13H2,1-2H3. The van der Waals surface area contributed by atoms with E-state index in [0.29, 0.717) is 0 Å². The monoisotopic (exact) mass is 272 g/mol. The van der Waals surface area contributed by atoms with Crippen molar-refractivity contribution in [3.63, 3.8) is 0 Å². The van der Waals surface area contributed by atoms with Crippen LogP contribution in [0.4, 0.5) is 0 Å². The number of nitrogens with zero attached hydrogens (tertiary/aromatic N) is 1. The van der Waals surface area contributed by atoms with Gasteiger partial charge in [0, 0.05) is 18.6 Å². The number of hydrogen-bond acceptors (Lipinski definition) is 2. The molecule has 0 spiro atoms. The lowest BCUT2D eigenvalue weighted by atomic mass is 9.91. The van der Waals surface area contributed by atoms with Crippen LogP contribution in [0.25, 0.3) is 0 Å². The van der Waals surface area contributed by atoms with Gasteiger partial charge in [-0.15, -0.1) is 0 Å². The molecule has 3 rings (SSSR count). The average molecular weight is 272 g/mol. The van der Waals surface area contributed by atoms with Gasteiger partial charge < -0.3 is 10.2 Å². The van der Waals surface area contributed by atoms with Crippen LogP contribution in [0.2, 0.25) is 0 Å². The molecule has 2 aliphatic rings. The second-order valence-electron chi connectivity index (χ2n) is 6.69. The fourth-order valence-electron chi connectivity index (χ4n) is 4.00. The number of fused-ring (bicyclic) bond motifs is 2. The summed E-state index contributed by atoms with van der Waals surface area (Å²) in [6, 6.07) is 10.8. The minimum atomic E-state index is 0.865. The highest BCUT2D eigenvalue weighted by Gasteiger charge is 2.37. The molecule has 2 bridgehead atoms. The minimum Gasteiger partial charge on any atom is -0.312 e. The van der Waals surface area contributed by atoms with Crippen LogP contribution in [0, 0.1) is 5.92 Å². The molecule has 0 aliphatic carbocycles. The summed E-state index contributed by atoms with van der Waals surface area (Å²) >= 11 is 0. The van der Waals surface area contributed by atoms with E-state index < -0.39 is 0 Å². The lowest BCUT2D eigenvalue weighted by Crippen LogP contribution is -2.42. The SMILES string of the molecule is CCc1ccc(CNCC2CC3CCC(C2)N3C)cc1. The molecule has 1 aromatic carbocycles. The zero-order valence-corrected chi connectivity index (χ0v) is 12.9. The molecule has 0 aromatic heterocycles. The van der Waals surface area contributed by atoms with Gasteiger partial charge in [0.2, 0.25) is 0 Å². The molecule has 0 saturated carbocycles. The molecule has 2 atom stereocenters. The van der Waals surface area contributed by atoms with Crippen LogP contribution in [-0.2, 0) is 13.0 Å². The van der Waals surface area contributed by atoms with Crippen LogP contribution in [0.1, 0.15) is 43.7 Å². The Morgan fingerprint density at radius 2 is 1.65 bits per heavy atom. The third kappa shape index (κ3) is 3.07. The Morgan fingerprint density at radius 3 is 2.25 bits per heavy atom. The maximum Gasteiger partial charge on any atom is 0.0205 e. The van der Waals surface area contributed by atoms with Crippen molar-refractivity contribution in [2.75, 3.05) is 13.6 Å². The van der Waals surface area contributed by atoms with Crippen LogP contribution in [0.3, 0.4) is 0 Å². The van der Waals surface area contributed by atoms with Gasteiger partial charge in [0.25, 0.3) is 0 Å². The van der Waals surface area contributed by atoms with E-state index in [9.17, 15) is 0 Å². The summed E-state index contributed by atoms with van der Waals surface area (Å²) in [6.45, 7) is 4.42. The fourth-order valence-corrected chi connectivity index (χ4v) is 4.00. The molecule has 2 unspecified atom stereocenters. The lowest BCUT2D eigenvalue weighted by Gasteiger charge is -2.36. The predicted octanol–water partition coefficient (Wildman–Crippen LogP) is 3.21. The van der Waals surface area contributed by atoms with Crippen molar-refractivity contribution < 1.29 is 0 Å². The molecule has 110 valence electrons. The molecule has 2 fully saturated rings. The van der Waals surface area contributed by atoms with Gasteiger partial charge in [-0.2, -0.15) is 0 Å². The molecule has 0 radical (unpaired) electrons. The van der Waals surface area contributed by atoms with E-state index in [4.69, 9.17) is 0 Å². The van der Waals surface area contributed by atoms with Crippen molar-refractivity contribution in [1.82, 2.24) is 10.2 Å².